The third-order valence-corrected chi connectivity index (χ3v) is 4.22. The number of nitrogens with two attached hydrogens (primary N) is 1. The molecule has 100 valence electrons. The molecule has 0 saturated carbocycles. The minimum atomic E-state index is 0.340. The van der Waals surface area contributed by atoms with Crippen molar-refractivity contribution in [2.45, 2.75) is 32.2 Å². The molecule has 0 aromatic heterocycles. The third kappa shape index (κ3) is 3.47. The van der Waals surface area contributed by atoms with E-state index in [-0.39, 0.29) is 0 Å². The summed E-state index contributed by atoms with van der Waals surface area (Å²) >= 11 is 5.95. The molecular formula is C15H23ClN2. The van der Waals surface area contributed by atoms with Crippen molar-refractivity contribution in [2.24, 2.45) is 11.7 Å². The van der Waals surface area contributed by atoms with Crippen LogP contribution in [0.25, 0.3) is 0 Å². The zero-order valence-electron chi connectivity index (χ0n) is 11.1. The predicted octanol–water partition coefficient (Wildman–Crippen LogP) is 3.46. The summed E-state index contributed by atoms with van der Waals surface area (Å²) in [6.45, 7) is 5.35. The van der Waals surface area contributed by atoms with Crippen molar-refractivity contribution >= 4 is 11.6 Å². The number of likely N-dealkylation sites (tertiary alicyclic amines) is 1. The molecule has 0 amide bonds. The molecule has 1 aliphatic heterocycles. The second kappa shape index (κ2) is 6.55. The number of nitrogens with zero attached hydrogens (tertiary/aromatic N) is 1. The summed E-state index contributed by atoms with van der Waals surface area (Å²) in [6.07, 6.45) is 3.91. The molecule has 1 heterocycles. The minimum Gasteiger partial charge on any atom is -0.329 e. The van der Waals surface area contributed by atoms with Crippen molar-refractivity contribution < 1.29 is 0 Å². The summed E-state index contributed by atoms with van der Waals surface area (Å²) in [5, 5.41) is 0.791. The molecule has 1 fully saturated rings. The van der Waals surface area contributed by atoms with Gasteiger partial charge in [-0.15, -0.1) is 0 Å². The highest BCUT2D eigenvalue weighted by molar-refractivity contribution is 6.30. The number of hydrogen-bond acceptors (Lipinski definition) is 2. The van der Waals surface area contributed by atoms with E-state index in [2.05, 4.69) is 24.0 Å². The first-order valence-corrected chi connectivity index (χ1v) is 7.28. The van der Waals surface area contributed by atoms with Crippen LogP contribution in [0.4, 0.5) is 0 Å². The minimum absolute atomic E-state index is 0.340. The summed E-state index contributed by atoms with van der Waals surface area (Å²) in [6, 6.07) is 8.47. The molecule has 0 radical (unpaired) electrons. The summed E-state index contributed by atoms with van der Waals surface area (Å²) in [7, 11) is 0. The van der Waals surface area contributed by atoms with Crippen LogP contribution in [0.1, 0.15) is 37.8 Å². The molecule has 2 unspecified atom stereocenters. The molecule has 2 nitrogen and oxygen atoms in total. The van der Waals surface area contributed by atoms with Crippen LogP contribution < -0.4 is 5.73 Å². The average molecular weight is 267 g/mol. The van der Waals surface area contributed by atoms with Crippen LogP contribution in [0.2, 0.25) is 5.02 Å². The highest BCUT2D eigenvalue weighted by atomic mass is 35.5. The highest BCUT2D eigenvalue weighted by Gasteiger charge is 2.21. The van der Waals surface area contributed by atoms with E-state index in [1.807, 2.05) is 12.1 Å². The zero-order chi connectivity index (χ0) is 13.0. The third-order valence-electron chi connectivity index (χ3n) is 3.97. The standard InChI is InChI=1S/C15H23ClN2/c1-12-3-2-9-18(10-8-12)15(11-17)13-4-6-14(16)7-5-13/h4-7,12,15H,2-3,8-11,17H2,1H3. The van der Waals surface area contributed by atoms with E-state index in [0.717, 1.165) is 24.0 Å². The van der Waals surface area contributed by atoms with Gasteiger partial charge in [0.2, 0.25) is 0 Å². The van der Waals surface area contributed by atoms with E-state index in [0.29, 0.717) is 12.6 Å². The second-order valence-corrected chi connectivity index (χ2v) is 5.81. The number of halogens is 1. The first kappa shape index (κ1) is 13.9. The Balaban J connectivity index is 2.09. The number of hydrogen-bond donors (Lipinski definition) is 1. The molecule has 3 heteroatoms. The van der Waals surface area contributed by atoms with E-state index < -0.39 is 0 Å². The summed E-state index contributed by atoms with van der Waals surface area (Å²) in [4.78, 5) is 2.53. The fourth-order valence-electron chi connectivity index (χ4n) is 2.78. The van der Waals surface area contributed by atoms with Gasteiger partial charge in [-0.3, -0.25) is 4.90 Å². The lowest BCUT2D eigenvalue weighted by Gasteiger charge is -2.30. The molecular weight excluding hydrogens is 244 g/mol. The molecule has 18 heavy (non-hydrogen) atoms. The summed E-state index contributed by atoms with van der Waals surface area (Å²) < 4.78 is 0. The van der Waals surface area contributed by atoms with Crippen LogP contribution >= 0.6 is 11.6 Å². The van der Waals surface area contributed by atoms with Gasteiger partial charge in [-0.05, 0) is 56.0 Å². The van der Waals surface area contributed by atoms with Crippen molar-refractivity contribution in [1.82, 2.24) is 4.90 Å². The fourth-order valence-corrected chi connectivity index (χ4v) is 2.90. The van der Waals surface area contributed by atoms with Gasteiger partial charge in [-0.2, -0.15) is 0 Å². The van der Waals surface area contributed by atoms with Crippen molar-refractivity contribution in [2.75, 3.05) is 19.6 Å². The van der Waals surface area contributed by atoms with Crippen LogP contribution in [0.15, 0.2) is 24.3 Å². The molecule has 1 aromatic rings. The predicted molar refractivity (Wildman–Crippen MR) is 77.8 cm³/mol. The number of benzene rings is 1. The maximum atomic E-state index is 5.98. The quantitative estimate of drug-likeness (QED) is 0.908. The Morgan fingerprint density at radius 2 is 2.00 bits per heavy atom. The lowest BCUT2D eigenvalue weighted by Crippen LogP contribution is -2.34. The molecule has 1 aromatic carbocycles. The molecule has 2 atom stereocenters. The monoisotopic (exact) mass is 266 g/mol. The van der Waals surface area contributed by atoms with Gasteiger partial charge >= 0.3 is 0 Å². The van der Waals surface area contributed by atoms with Gasteiger partial charge in [-0.25, -0.2) is 0 Å². The first-order valence-electron chi connectivity index (χ1n) is 6.90. The van der Waals surface area contributed by atoms with Gasteiger partial charge in [0, 0.05) is 17.6 Å². The van der Waals surface area contributed by atoms with Crippen LogP contribution in [0, 0.1) is 5.92 Å². The van der Waals surface area contributed by atoms with Gasteiger partial charge in [0.25, 0.3) is 0 Å². The Kier molecular flexibility index (Phi) is 5.04. The summed E-state index contributed by atoms with van der Waals surface area (Å²) in [5.74, 6) is 0.846. The van der Waals surface area contributed by atoms with E-state index in [1.54, 1.807) is 0 Å². The van der Waals surface area contributed by atoms with Gasteiger partial charge in [0.15, 0.2) is 0 Å². The van der Waals surface area contributed by atoms with Crippen molar-refractivity contribution in [3.8, 4) is 0 Å². The Labute approximate surface area is 115 Å². The maximum absolute atomic E-state index is 5.98. The normalized spacial score (nSPS) is 23.6. The smallest absolute Gasteiger partial charge is 0.0470 e. The molecule has 0 spiro atoms. The lowest BCUT2D eigenvalue weighted by atomic mass is 10.0. The average Bonchev–Trinajstić information content (AvgIpc) is 2.58. The second-order valence-electron chi connectivity index (χ2n) is 5.38. The number of rotatable bonds is 3. The fraction of sp³-hybridized carbons (Fsp3) is 0.600. The van der Waals surface area contributed by atoms with E-state index >= 15 is 0 Å². The molecule has 1 aliphatic rings. The van der Waals surface area contributed by atoms with Crippen LogP contribution in [0.5, 0.6) is 0 Å². The van der Waals surface area contributed by atoms with E-state index in [1.165, 1.54) is 24.8 Å². The van der Waals surface area contributed by atoms with Gasteiger partial charge in [0.1, 0.15) is 0 Å². The summed E-state index contributed by atoms with van der Waals surface area (Å²) in [5.41, 5.74) is 7.27. The Hall–Kier alpha value is -0.570. The topological polar surface area (TPSA) is 29.3 Å². The van der Waals surface area contributed by atoms with Gasteiger partial charge < -0.3 is 5.73 Å². The van der Waals surface area contributed by atoms with Crippen LogP contribution in [0.3, 0.4) is 0 Å². The Bertz CT molecular complexity index is 363. The molecule has 1 saturated heterocycles. The Morgan fingerprint density at radius 1 is 1.28 bits per heavy atom. The van der Waals surface area contributed by atoms with Crippen molar-refractivity contribution in [3.63, 3.8) is 0 Å². The largest absolute Gasteiger partial charge is 0.329 e. The van der Waals surface area contributed by atoms with E-state index in [9.17, 15) is 0 Å². The molecule has 2 N–H and O–H groups in total. The first-order chi connectivity index (χ1) is 8.70. The van der Waals surface area contributed by atoms with Crippen molar-refractivity contribution in [3.05, 3.63) is 34.9 Å². The van der Waals surface area contributed by atoms with Gasteiger partial charge in [-0.1, -0.05) is 30.7 Å². The van der Waals surface area contributed by atoms with Crippen molar-refractivity contribution in [1.29, 1.82) is 0 Å². The maximum Gasteiger partial charge on any atom is 0.0470 e. The van der Waals surface area contributed by atoms with E-state index in [4.69, 9.17) is 17.3 Å². The zero-order valence-corrected chi connectivity index (χ0v) is 11.9. The molecule has 2 rings (SSSR count). The lowest BCUT2D eigenvalue weighted by molar-refractivity contribution is 0.207. The molecule has 0 aliphatic carbocycles. The van der Waals surface area contributed by atoms with Gasteiger partial charge in [0.05, 0.1) is 0 Å². The van der Waals surface area contributed by atoms with Crippen LogP contribution in [-0.2, 0) is 0 Å². The molecule has 0 bridgehead atoms. The Morgan fingerprint density at radius 3 is 2.67 bits per heavy atom. The van der Waals surface area contributed by atoms with Crippen LogP contribution in [-0.4, -0.2) is 24.5 Å². The SMILES string of the molecule is CC1CCCN(C(CN)c2ccc(Cl)cc2)CC1. The highest BCUT2D eigenvalue weighted by Crippen LogP contribution is 2.26.